The van der Waals surface area contributed by atoms with Crippen molar-refractivity contribution in [3.05, 3.63) is 53.1 Å². The molecule has 140 valence electrons. The molecule has 0 saturated carbocycles. The number of ketones is 1. The first-order chi connectivity index (χ1) is 11.7. The smallest absolute Gasteiger partial charge is 0.179 e. The highest BCUT2D eigenvalue weighted by atomic mass is 16.1. The maximum atomic E-state index is 12.4. The number of benzene rings is 1. The van der Waals surface area contributed by atoms with Crippen LogP contribution in [0.4, 0.5) is 5.69 Å². The summed E-state index contributed by atoms with van der Waals surface area (Å²) in [5, 5.41) is 0. The number of rotatable bonds is 1. The van der Waals surface area contributed by atoms with Gasteiger partial charge in [-0.2, -0.15) is 0 Å². The van der Waals surface area contributed by atoms with Crippen molar-refractivity contribution >= 4 is 17.2 Å². The predicted octanol–water partition coefficient (Wildman–Crippen LogP) is 6.58. The van der Waals surface area contributed by atoms with Gasteiger partial charge in [0, 0.05) is 0 Å². The van der Waals surface area contributed by atoms with Gasteiger partial charge in [-0.3, -0.25) is 4.79 Å². The van der Waals surface area contributed by atoms with Crippen LogP contribution < -0.4 is 0 Å². The lowest BCUT2D eigenvalue weighted by Gasteiger charge is -2.33. The van der Waals surface area contributed by atoms with Gasteiger partial charge in [-0.1, -0.05) is 80.5 Å². The SMILES string of the molecule is CC(C)(C)C1=CC(=O)C=C(C(C)(C)C)C1=Nc1ccccc1C(C)(C)C. The Morgan fingerprint density at radius 2 is 1.15 bits per heavy atom. The summed E-state index contributed by atoms with van der Waals surface area (Å²) in [5.41, 5.74) is 4.85. The molecule has 0 unspecified atom stereocenters. The van der Waals surface area contributed by atoms with Gasteiger partial charge in [-0.15, -0.1) is 0 Å². The Hall–Kier alpha value is -1.96. The van der Waals surface area contributed by atoms with Gasteiger partial charge in [-0.25, -0.2) is 4.99 Å². The molecule has 2 heteroatoms. The maximum Gasteiger partial charge on any atom is 0.179 e. The van der Waals surface area contributed by atoms with Crippen molar-refractivity contribution in [1.82, 2.24) is 0 Å². The Morgan fingerprint density at radius 1 is 0.692 bits per heavy atom. The molecule has 0 aromatic heterocycles. The number of hydrogen-bond donors (Lipinski definition) is 0. The van der Waals surface area contributed by atoms with E-state index in [2.05, 4.69) is 80.5 Å². The number of aliphatic imine (C=N–C) groups is 1. The van der Waals surface area contributed by atoms with E-state index in [4.69, 9.17) is 4.99 Å². The minimum Gasteiger partial charge on any atom is -0.290 e. The van der Waals surface area contributed by atoms with Gasteiger partial charge in [0.15, 0.2) is 5.78 Å². The number of para-hydroxylation sites is 1. The monoisotopic (exact) mass is 351 g/mol. The van der Waals surface area contributed by atoms with E-state index in [1.165, 1.54) is 5.56 Å². The minimum absolute atomic E-state index is 0.00234. The summed E-state index contributed by atoms with van der Waals surface area (Å²) >= 11 is 0. The molecule has 0 saturated heterocycles. The standard InChI is InChI=1S/C24H33NO/c1-22(2,3)17-12-10-11-13-20(17)25-21-18(23(4,5)6)14-16(26)15-19(21)24(7,8)9/h10-15H,1-9H3. The van der Waals surface area contributed by atoms with E-state index in [9.17, 15) is 4.79 Å². The number of carbonyl (C=O) groups excluding carboxylic acids is 1. The van der Waals surface area contributed by atoms with Crippen molar-refractivity contribution in [3.63, 3.8) is 0 Å². The molecule has 1 aromatic rings. The third-order valence-electron chi connectivity index (χ3n) is 4.64. The van der Waals surface area contributed by atoms with Crippen LogP contribution in [0.3, 0.4) is 0 Å². The van der Waals surface area contributed by atoms with E-state index in [1.54, 1.807) is 12.2 Å². The molecule has 0 bridgehead atoms. The number of hydrogen-bond acceptors (Lipinski definition) is 2. The minimum atomic E-state index is -0.157. The Labute approximate surface area is 159 Å². The zero-order valence-electron chi connectivity index (χ0n) is 17.8. The largest absolute Gasteiger partial charge is 0.290 e. The van der Waals surface area contributed by atoms with E-state index in [-0.39, 0.29) is 22.0 Å². The van der Waals surface area contributed by atoms with Crippen molar-refractivity contribution in [3.8, 4) is 0 Å². The Morgan fingerprint density at radius 3 is 1.58 bits per heavy atom. The average Bonchev–Trinajstić information content (AvgIpc) is 2.46. The van der Waals surface area contributed by atoms with Gasteiger partial charge >= 0.3 is 0 Å². The van der Waals surface area contributed by atoms with E-state index >= 15 is 0 Å². The Balaban J connectivity index is 2.77. The Bertz CT molecular complexity index is 764. The zero-order chi connectivity index (χ0) is 19.9. The lowest BCUT2D eigenvalue weighted by atomic mass is 9.72. The van der Waals surface area contributed by atoms with E-state index in [1.807, 2.05) is 6.07 Å². The molecule has 0 atom stereocenters. The van der Waals surface area contributed by atoms with E-state index < -0.39 is 0 Å². The maximum absolute atomic E-state index is 12.4. The normalized spacial score (nSPS) is 16.3. The quantitative estimate of drug-likeness (QED) is 0.525. The van der Waals surface area contributed by atoms with Crippen LogP contribution in [0, 0.1) is 10.8 Å². The second kappa shape index (κ2) is 6.64. The highest BCUT2D eigenvalue weighted by Gasteiger charge is 2.33. The van der Waals surface area contributed by atoms with Gasteiger partial charge in [0.05, 0.1) is 11.4 Å². The summed E-state index contributed by atoms with van der Waals surface area (Å²) in [4.78, 5) is 17.5. The lowest BCUT2D eigenvalue weighted by molar-refractivity contribution is -0.110. The Kier molecular flexibility index (Phi) is 5.20. The molecule has 1 aromatic carbocycles. The van der Waals surface area contributed by atoms with Crippen LogP contribution in [0.1, 0.15) is 67.9 Å². The van der Waals surface area contributed by atoms with E-state index in [0.29, 0.717) is 0 Å². The number of nitrogens with zero attached hydrogens (tertiary/aromatic N) is 1. The third-order valence-corrected chi connectivity index (χ3v) is 4.64. The molecule has 2 rings (SSSR count). The molecule has 0 N–H and O–H groups in total. The first-order valence-corrected chi connectivity index (χ1v) is 9.38. The summed E-state index contributed by atoms with van der Waals surface area (Å²) in [6.07, 6.45) is 3.52. The second-order valence-corrected chi connectivity index (χ2v) is 10.2. The van der Waals surface area contributed by atoms with Gasteiger partial charge in [-0.05, 0) is 51.2 Å². The van der Waals surface area contributed by atoms with Crippen LogP contribution in [0.2, 0.25) is 0 Å². The first-order valence-electron chi connectivity index (χ1n) is 9.38. The van der Waals surface area contributed by atoms with E-state index in [0.717, 1.165) is 22.5 Å². The fraction of sp³-hybridized carbons (Fsp3) is 0.500. The summed E-state index contributed by atoms with van der Waals surface area (Å²) < 4.78 is 0. The summed E-state index contributed by atoms with van der Waals surface area (Å²) in [7, 11) is 0. The molecule has 0 radical (unpaired) electrons. The zero-order valence-corrected chi connectivity index (χ0v) is 17.8. The van der Waals surface area contributed by atoms with Crippen molar-refractivity contribution in [1.29, 1.82) is 0 Å². The molecule has 26 heavy (non-hydrogen) atoms. The fourth-order valence-electron chi connectivity index (χ4n) is 3.20. The highest BCUT2D eigenvalue weighted by molar-refractivity contribution is 6.24. The van der Waals surface area contributed by atoms with Gasteiger partial charge in [0.1, 0.15) is 0 Å². The third kappa shape index (κ3) is 4.41. The molecular formula is C24H33NO. The number of carbonyl (C=O) groups is 1. The lowest BCUT2D eigenvalue weighted by Crippen LogP contribution is -2.29. The second-order valence-electron chi connectivity index (χ2n) is 10.2. The van der Waals surface area contributed by atoms with Gasteiger partial charge in [0.2, 0.25) is 0 Å². The van der Waals surface area contributed by atoms with Crippen molar-refractivity contribution in [2.45, 2.75) is 67.7 Å². The van der Waals surface area contributed by atoms with Crippen molar-refractivity contribution < 1.29 is 4.79 Å². The highest BCUT2D eigenvalue weighted by Crippen LogP contribution is 2.40. The van der Waals surface area contributed by atoms with Crippen molar-refractivity contribution in [2.75, 3.05) is 0 Å². The predicted molar refractivity (Wildman–Crippen MR) is 112 cm³/mol. The summed E-state index contributed by atoms with van der Waals surface area (Å²) in [5.74, 6) is 0.0582. The summed E-state index contributed by atoms with van der Waals surface area (Å²) in [6, 6.07) is 8.32. The molecular weight excluding hydrogens is 318 g/mol. The van der Waals surface area contributed by atoms with Crippen LogP contribution in [0.25, 0.3) is 0 Å². The molecule has 0 fully saturated rings. The van der Waals surface area contributed by atoms with Crippen LogP contribution in [-0.2, 0) is 10.2 Å². The number of allylic oxidation sites excluding steroid dienone is 4. The molecule has 0 spiro atoms. The topological polar surface area (TPSA) is 29.4 Å². The average molecular weight is 352 g/mol. The molecule has 2 nitrogen and oxygen atoms in total. The summed E-state index contributed by atoms with van der Waals surface area (Å²) in [6.45, 7) is 19.5. The fourth-order valence-corrected chi connectivity index (χ4v) is 3.20. The van der Waals surface area contributed by atoms with Crippen LogP contribution >= 0.6 is 0 Å². The van der Waals surface area contributed by atoms with Crippen LogP contribution in [-0.4, -0.2) is 11.5 Å². The molecule has 0 heterocycles. The van der Waals surface area contributed by atoms with Crippen LogP contribution in [0.5, 0.6) is 0 Å². The molecule has 0 aliphatic heterocycles. The molecule has 0 amide bonds. The van der Waals surface area contributed by atoms with Gasteiger partial charge < -0.3 is 0 Å². The van der Waals surface area contributed by atoms with Crippen molar-refractivity contribution in [2.24, 2.45) is 15.8 Å². The molecule has 1 aliphatic carbocycles. The first kappa shape index (κ1) is 20.4. The van der Waals surface area contributed by atoms with Gasteiger partial charge in [0.25, 0.3) is 0 Å². The molecule has 1 aliphatic rings. The van der Waals surface area contributed by atoms with Crippen LogP contribution in [0.15, 0.2) is 52.6 Å².